The molecule has 2 N–H and O–H groups in total. The molecule has 0 bridgehead atoms. The van der Waals surface area contributed by atoms with Crippen LogP contribution in [0.4, 0.5) is 10.1 Å². The molecule has 2 heterocycles. The lowest BCUT2D eigenvalue weighted by atomic mass is 9.79. The number of hydrogen-bond donors (Lipinski definition) is 2. The van der Waals surface area contributed by atoms with E-state index in [0.29, 0.717) is 11.7 Å². The molecule has 1 aromatic heterocycles. The fourth-order valence-corrected chi connectivity index (χ4v) is 2.96. The van der Waals surface area contributed by atoms with E-state index in [1.807, 2.05) is 0 Å². The Morgan fingerprint density at radius 3 is 2.95 bits per heavy atom. The maximum absolute atomic E-state index is 10.6. The summed E-state index contributed by atoms with van der Waals surface area (Å²) in [6, 6.07) is 0. The molecule has 1 fully saturated rings. The van der Waals surface area contributed by atoms with Crippen LogP contribution in [0.15, 0.2) is 6.20 Å². The summed E-state index contributed by atoms with van der Waals surface area (Å²) >= 11 is 1.07. The highest BCUT2D eigenvalue weighted by atomic mass is 32.1. The number of nitrogens with zero attached hydrogens (tertiary/aromatic N) is 2. The van der Waals surface area contributed by atoms with E-state index in [4.69, 9.17) is 4.74 Å². The standard InChI is InChI=1S/C11H18N4O3S/c1-18-8-11(2-4-12-5-3-11)7-14-10-13-6-9(19-10)15(16)17/h6,12H,2-5,7-8H2,1H3,(H,13,14). The highest BCUT2D eigenvalue weighted by Crippen LogP contribution is 2.31. The van der Waals surface area contributed by atoms with E-state index in [9.17, 15) is 10.1 Å². The summed E-state index contributed by atoms with van der Waals surface area (Å²) in [5, 5.41) is 17.8. The Bertz CT molecular complexity index is 426. The van der Waals surface area contributed by atoms with Crippen molar-refractivity contribution in [2.24, 2.45) is 5.41 Å². The Morgan fingerprint density at radius 2 is 2.37 bits per heavy atom. The number of thiazole rings is 1. The van der Waals surface area contributed by atoms with E-state index in [-0.39, 0.29) is 10.4 Å². The maximum Gasteiger partial charge on any atom is 0.345 e. The van der Waals surface area contributed by atoms with Crippen LogP contribution in [0, 0.1) is 15.5 Å². The molecule has 0 aromatic carbocycles. The van der Waals surface area contributed by atoms with Gasteiger partial charge >= 0.3 is 5.00 Å². The number of rotatable bonds is 6. The van der Waals surface area contributed by atoms with Gasteiger partial charge in [0.1, 0.15) is 6.20 Å². The van der Waals surface area contributed by atoms with Crippen LogP contribution in [-0.2, 0) is 4.74 Å². The van der Waals surface area contributed by atoms with E-state index in [0.717, 1.165) is 43.8 Å². The molecule has 1 aromatic rings. The van der Waals surface area contributed by atoms with Crippen molar-refractivity contribution < 1.29 is 9.66 Å². The molecule has 8 heteroatoms. The summed E-state index contributed by atoms with van der Waals surface area (Å²) in [4.78, 5) is 14.2. The van der Waals surface area contributed by atoms with Gasteiger partial charge in [-0.3, -0.25) is 10.1 Å². The van der Waals surface area contributed by atoms with Gasteiger partial charge in [-0.2, -0.15) is 0 Å². The monoisotopic (exact) mass is 286 g/mol. The fourth-order valence-electron chi connectivity index (χ4n) is 2.33. The van der Waals surface area contributed by atoms with Gasteiger partial charge in [-0.15, -0.1) is 0 Å². The number of nitro groups is 1. The van der Waals surface area contributed by atoms with Crippen molar-refractivity contribution >= 4 is 21.5 Å². The Hall–Kier alpha value is -1.25. The summed E-state index contributed by atoms with van der Waals surface area (Å²) in [5.41, 5.74) is 0.0838. The zero-order chi connectivity index (χ0) is 13.7. The van der Waals surface area contributed by atoms with Crippen LogP contribution in [0.5, 0.6) is 0 Å². The Morgan fingerprint density at radius 1 is 1.63 bits per heavy atom. The molecule has 1 aliphatic heterocycles. The molecule has 106 valence electrons. The summed E-state index contributed by atoms with van der Waals surface area (Å²) < 4.78 is 5.32. The molecule has 19 heavy (non-hydrogen) atoms. The lowest BCUT2D eigenvalue weighted by Crippen LogP contribution is -2.44. The van der Waals surface area contributed by atoms with Gasteiger partial charge < -0.3 is 15.4 Å². The number of aromatic nitrogens is 1. The summed E-state index contributed by atoms with van der Waals surface area (Å²) in [6.07, 6.45) is 3.35. The Kier molecular flexibility index (Phi) is 4.67. The van der Waals surface area contributed by atoms with E-state index in [2.05, 4.69) is 15.6 Å². The van der Waals surface area contributed by atoms with Crippen molar-refractivity contribution in [3.8, 4) is 0 Å². The van der Waals surface area contributed by atoms with Crippen molar-refractivity contribution in [1.29, 1.82) is 0 Å². The number of ether oxygens (including phenoxy) is 1. The molecule has 0 aliphatic carbocycles. The van der Waals surface area contributed by atoms with Crippen LogP contribution in [0.2, 0.25) is 0 Å². The van der Waals surface area contributed by atoms with Crippen molar-refractivity contribution in [3.63, 3.8) is 0 Å². The molecule has 0 atom stereocenters. The maximum atomic E-state index is 10.6. The first-order chi connectivity index (χ1) is 9.15. The fraction of sp³-hybridized carbons (Fsp3) is 0.727. The third-order valence-electron chi connectivity index (χ3n) is 3.40. The van der Waals surface area contributed by atoms with E-state index in [1.54, 1.807) is 7.11 Å². The number of nitrogens with one attached hydrogen (secondary N) is 2. The predicted octanol–water partition coefficient (Wildman–Crippen LogP) is 1.48. The van der Waals surface area contributed by atoms with Gasteiger partial charge in [0.15, 0.2) is 5.13 Å². The molecule has 0 saturated carbocycles. The van der Waals surface area contributed by atoms with Gasteiger partial charge in [-0.25, -0.2) is 4.98 Å². The van der Waals surface area contributed by atoms with Gasteiger partial charge in [-0.05, 0) is 37.3 Å². The minimum Gasteiger partial charge on any atom is -0.384 e. The average Bonchev–Trinajstić information content (AvgIpc) is 2.87. The first kappa shape index (κ1) is 14.2. The van der Waals surface area contributed by atoms with Gasteiger partial charge in [-0.1, -0.05) is 0 Å². The predicted molar refractivity (Wildman–Crippen MR) is 73.7 cm³/mol. The van der Waals surface area contributed by atoms with Crippen molar-refractivity contribution in [2.75, 3.05) is 38.7 Å². The lowest BCUT2D eigenvalue weighted by molar-refractivity contribution is -0.380. The van der Waals surface area contributed by atoms with Gasteiger partial charge in [0, 0.05) is 19.1 Å². The largest absolute Gasteiger partial charge is 0.384 e. The number of hydrogen-bond acceptors (Lipinski definition) is 7. The van der Waals surface area contributed by atoms with Crippen LogP contribution in [0.25, 0.3) is 0 Å². The van der Waals surface area contributed by atoms with Gasteiger partial charge in [0.25, 0.3) is 0 Å². The molecule has 7 nitrogen and oxygen atoms in total. The SMILES string of the molecule is COCC1(CNc2ncc([N+](=O)[O-])s2)CCNCC1. The summed E-state index contributed by atoms with van der Waals surface area (Å²) in [5.74, 6) is 0. The van der Waals surface area contributed by atoms with E-state index >= 15 is 0 Å². The van der Waals surface area contributed by atoms with Crippen molar-refractivity contribution in [2.45, 2.75) is 12.8 Å². The van der Waals surface area contributed by atoms with Crippen LogP contribution in [0.3, 0.4) is 0 Å². The number of piperidine rings is 1. The van der Waals surface area contributed by atoms with Crippen LogP contribution in [-0.4, -0.2) is 43.3 Å². The van der Waals surface area contributed by atoms with Gasteiger partial charge in [0.2, 0.25) is 0 Å². The van der Waals surface area contributed by atoms with Crippen molar-refractivity contribution in [1.82, 2.24) is 10.3 Å². The normalized spacial score (nSPS) is 18.2. The first-order valence-electron chi connectivity index (χ1n) is 6.19. The average molecular weight is 286 g/mol. The highest BCUT2D eigenvalue weighted by molar-refractivity contribution is 7.18. The van der Waals surface area contributed by atoms with E-state index < -0.39 is 4.92 Å². The van der Waals surface area contributed by atoms with Crippen molar-refractivity contribution in [3.05, 3.63) is 16.3 Å². The molecule has 0 radical (unpaired) electrons. The van der Waals surface area contributed by atoms with Gasteiger partial charge in [0.05, 0.1) is 11.5 Å². The molecule has 2 rings (SSSR count). The van der Waals surface area contributed by atoms with Crippen LogP contribution >= 0.6 is 11.3 Å². The molecule has 1 saturated heterocycles. The minimum atomic E-state index is -0.418. The second-order valence-electron chi connectivity index (χ2n) is 4.80. The molecule has 0 unspecified atom stereocenters. The first-order valence-corrected chi connectivity index (χ1v) is 7.01. The highest BCUT2D eigenvalue weighted by Gasteiger charge is 2.32. The third-order valence-corrected chi connectivity index (χ3v) is 4.31. The summed E-state index contributed by atoms with van der Waals surface area (Å²) in [6.45, 7) is 3.37. The molecule has 0 amide bonds. The molecule has 1 aliphatic rings. The minimum absolute atomic E-state index is 0.0635. The molecular weight excluding hydrogens is 268 g/mol. The second-order valence-corrected chi connectivity index (χ2v) is 5.81. The quantitative estimate of drug-likeness (QED) is 0.608. The third kappa shape index (κ3) is 3.62. The Labute approximate surface area is 115 Å². The van der Waals surface area contributed by atoms with Crippen LogP contribution in [0.1, 0.15) is 12.8 Å². The van der Waals surface area contributed by atoms with E-state index in [1.165, 1.54) is 6.20 Å². The number of methoxy groups -OCH3 is 1. The topological polar surface area (TPSA) is 89.3 Å². The molecular formula is C11H18N4O3S. The summed E-state index contributed by atoms with van der Waals surface area (Å²) in [7, 11) is 1.71. The number of anilines is 1. The van der Waals surface area contributed by atoms with Crippen LogP contribution < -0.4 is 10.6 Å². The second kappa shape index (κ2) is 6.27. The smallest absolute Gasteiger partial charge is 0.345 e. The zero-order valence-corrected chi connectivity index (χ0v) is 11.7. The lowest BCUT2D eigenvalue weighted by Gasteiger charge is -2.37. The Balaban J connectivity index is 1.95. The zero-order valence-electron chi connectivity index (χ0n) is 10.8. The molecule has 0 spiro atoms.